The van der Waals surface area contributed by atoms with Gasteiger partial charge in [0, 0.05) is 19.2 Å². The number of aromatic nitrogens is 1. The first-order valence-corrected chi connectivity index (χ1v) is 9.86. The summed E-state index contributed by atoms with van der Waals surface area (Å²) in [6, 6.07) is 16.4. The number of aliphatic imine (C=N–C) groups is 1. The van der Waals surface area contributed by atoms with Crippen molar-refractivity contribution in [3.63, 3.8) is 0 Å². The normalized spacial score (nSPS) is 11.6. The average Bonchev–Trinajstić information content (AvgIpc) is 3.19. The summed E-state index contributed by atoms with van der Waals surface area (Å²) in [4.78, 5) is 4.54. The van der Waals surface area contributed by atoms with Crippen molar-refractivity contribution in [1.29, 1.82) is 0 Å². The van der Waals surface area contributed by atoms with Crippen LogP contribution in [0.3, 0.4) is 0 Å². The van der Waals surface area contributed by atoms with E-state index < -0.39 is 0 Å². The zero-order valence-corrected chi connectivity index (χ0v) is 16.6. The summed E-state index contributed by atoms with van der Waals surface area (Å²) in [6.45, 7) is 6.79. The van der Waals surface area contributed by atoms with Crippen LogP contribution < -0.4 is 15.4 Å². The van der Waals surface area contributed by atoms with Crippen molar-refractivity contribution in [2.75, 3.05) is 19.7 Å². The van der Waals surface area contributed by atoms with Gasteiger partial charge >= 0.3 is 0 Å². The van der Waals surface area contributed by atoms with Gasteiger partial charge in [0.2, 0.25) is 0 Å². The molecule has 0 radical (unpaired) electrons. The van der Waals surface area contributed by atoms with Crippen molar-refractivity contribution in [3.05, 3.63) is 60.0 Å². The Hall–Kier alpha value is -3.02. The number of hydrogen-bond donors (Lipinski definition) is 2. The average molecular weight is 380 g/mol. The third-order valence-electron chi connectivity index (χ3n) is 4.31. The molecule has 0 bridgehead atoms. The van der Waals surface area contributed by atoms with Gasteiger partial charge in [0.05, 0.1) is 12.3 Å². The van der Waals surface area contributed by atoms with E-state index in [1.807, 2.05) is 31.2 Å². The summed E-state index contributed by atoms with van der Waals surface area (Å²) < 4.78 is 11.2. The number of fused-ring (bicyclic) bond motifs is 1. The first kappa shape index (κ1) is 19.7. The molecule has 0 unspecified atom stereocenters. The van der Waals surface area contributed by atoms with Gasteiger partial charge in [-0.2, -0.15) is 0 Å². The molecular formula is C22H28N4O2. The van der Waals surface area contributed by atoms with E-state index in [0.29, 0.717) is 13.2 Å². The van der Waals surface area contributed by atoms with E-state index in [2.05, 4.69) is 52.0 Å². The molecule has 0 fully saturated rings. The van der Waals surface area contributed by atoms with Gasteiger partial charge in [0.1, 0.15) is 12.3 Å². The molecule has 3 rings (SSSR count). The Kier molecular flexibility index (Phi) is 7.29. The second kappa shape index (κ2) is 10.3. The van der Waals surface area contributed by atoms with Crippen LogP contribution in [-0.2, 0) is 13.0 Å². The first-order chi connectivity index (χ1) is 13.8. The molecule has 0 saturated heterocycles. The Morgan fingerprint density at radius 3 is 2.71 bits per heavy atom. The van der Waals surface area contributed by atoms with Gasteiger partial charge in [-0.1, -0.05) is 42.4 Å². The van der Waals surface area contributed by atoms with Gasteiger partial charge in [-0.05, 0) is 42.7 Å². The summed E-state index contributed by atoms with van der Waals surface area (Å²) in [5.41, 5.74) is 0.953. The zero-order valence-electron chi connectivity index (χ0n) is 16.6. The predicted octanol–water partition coefficient (Wildman–Crippen LogP) is 3.91. The maximum atomic E-state index is 5.88. The lowest BCUT2D eigenvalue weighted by atomic mass is 10.1. The molecule has 0 aliphatic carbocycles. The van der Waals surface area contributed by atoms with Gasteiger partial charge in [-0.3, -0.25) is 0 Å². The lowest BCUT2D eigenvalue weighted by molar-refractivity contribution is 0.311. The fraction of sp³-hybridized carbons (Fsp3) is 0.364. The summed E-state index contributed by atoms with van der Waals surface area (Å²) in [5, 5.41) is 13.0. The second-order valence-electron chi connectivity index (χ2n) is 6.47. The van der Waals surface area contributed by atoms with Crippen molar-refractivity contribution >= 4 is 16.7 Å². The molecule has 148 valence electrons. The Morgan fingerprint density at radius 1 is 1.07 bits per heavy atom. The van der Waals surface area contributed by atoms with Crippen molar-refractivity contribution in [2.24, 2.45) is 4.99 Å². The molecule has 0 atom stereocenters. The Bertz CT molecular complexity index is 904. The molecular weight excluding hydrogens is 352 g/mol. The molecule has 0 aliphatic rings. The van der Waals surface area contributed by atoms with Crippen molar-refractivity contribution in [1.82, 2.24) is 15.8 Å². The van der Waals surface area contributed by atoms with Crippen LogP contribution in [-0.4, -0.2) is 30.8 Å². The van der Waals surface area contributed by atoms with Crippen molar-refractivity contribution in [3.8, 4) is 5.75 Å². The topological polar surface area (TPSA) is 71.7 Å². The highest BCUT2D eigenvalue weighted by Crippen LogP contribution is 2.20. The minimum Gasteiger partial charge on any atom is -0.494 e. The number of benzene rings is 2. The Balaban J connectivity index is 1.42. The minimum absolute atomic E-state index is 0.468. The molecule has 1 aromatic heterocycles. The van der Waals surface area contributed by atoms with Gasteiger partial charge in [0.15, 0.2) is 11.7 Å². The number of ether oxygens (including phenoxy) is 1. The monoisotopic (exact) mass is 380 g/mol. The molecule has 6 nitrogen and oxygen atoms in total. The summed E-state index contributed by atoms with van der Waals surface area (Å²) in [7, 11) is 0. The molecule has 28 heavy (non-hydrogen) atoms. The van der Waals surface area contributed by atoms with E-state index in [9.17, 15) is 0 Å². The van der Waals surface area contributed by atoms with Crippen LogP contribution in [0.25, 0.3) is 10.8 Å². The first-order valence-electron chi connectivity index (χ1n) is 9.86. The Labute approximate surface area is 166 Å². The van der Waals surface area contributed by atoms with Crippen LogP contribution in [0.2, 0.25) is 0 Å². The van der Waals surface area contributed by atoms with Crippen molar-refractivity contribution < 1.29 is 9.26 Å². The van der Waals surface area contributed by atoms with Gasteiger partial charge < -0.3 is 19.9 Å². The van der Waals surface area contributed by atoms with Crippen LogP contribution in [0.5, 0.6) is 5.75 Å². The SMILES string of the molecule is CCNC(=NCc1cc(CC)no1)NCCCOc1ccc2ccccc2c1. The van der Waals surface area contributed by atoms with Crippen LogP contribution in [0.15, 0.2) is 58.0 Å². The Morgan fingerprint density at radius 2 is 1.93 bits per heavy atom. The fourth-order valence-electron chi connectivity index (χ4n) is 2.82. The highest BCUT2D eigenvalue weighted by Gasteiger charge is 2.03. The molecule has 0 saturated carbocycles. The molecule has 3 aromatic rings. The van der Waals surface area contributed by atoms with Crippen LogP contribution in [0, 0.1) is 0 Å². The van der Waals surface area contributed by atoms with Gasteiger partial charge in [0.25, 0.3) is 0 Å². The number of nitrogens with zero attached hydrogens (tertiary/aromatic N) is 2. The third-order valence-corrected chi connectivity index (χ3v) is 4.31. The van der Waals surface area contributed by atoms with Crippen molar-refractivity contribution in [2.45, 2.75) is 33.2 Å². The summed E-state index contributed by atoms with van der Waals surface area (Å²) >= 11 is 0. The van der Waals surface area contributed by atoms with E-state index in [0.717, 1.165) is 49.1 Å². The smallest absolute Gasteiger partial charge is 0.191 e. The molecule has 2 N–H and O–H groups in total. The van der Waals surface area contributed by atoms with E-state index >= 15 is 0 Å². The lowest BCUT2D eigenvalue weighted by Crippen LogP contribution is -2.38. The molecule has 0 amide bonds. The standard InChI is InChI=1S/C22H28N4O2/c1-3-19-15-21(28-26-19)16-25-22(23-4-2)24-12-7-13-27-20-11-10-17-8-5-6-9-18(17)14-20/h5-6,8-11,14-15H,3-4,7,12-13,16H2,1-2H3,(H2,23,24,25). The highest BCUT2D eigenvalue weighted by molar-refractivity contribution is 5.83. The summed E-state index contributed by atoms with van der Waals surface area (Å²) in [6.07, 6.45) is 1.74. The van der Waals surface area contributed by atoms with E-state index in [4.69, 9.17) is 9.26 Å². The van der Waals surface area contributed by atoms with E-state index in [1.54, 1.807) is 0 Å². The second-order valence-corrected chi connectivity index (χ2v) is 6.47. The third kappa shape index (κ3) is 5.74. The van der Waals surface area contributed by atoms with E-state index in [-0.39, 0.29) is 0 Å². The molecule has 0 aliphatic heterocycles. The fourth-order valence-corrected chi connectivity index (χ4v) is 2.82. The minimum atomic E-state index is 0.468. The molecule has 0 spiro atoms. The van der Waals surface area contributed by atoms with Crippen LogP contribution in [0.1, 0.15) is 31.7 Å². The van der Waals surface area contributed by atoms with Gasteiger partial charge in [-0.25, -0.2) is 4.99 Å². The lowest BCUT2D eigenvalue weighted by Gasteiger charge is -2.11. The number of guanidine groups is 1. The molecule has 6 heteroatoms. The molecule has 2 aromatic carbocycles. The van der Waals surface area contributed by atoms with Crippen LogP contribution in [0.4, 0.5) is 0 Å². The van der Waals surface area contributed by atoms with E-state index in [1.165, 1.54) is 10.8 Å². The summed E-state index contributed by atoms with van der Waals surface area (Å²) in [5.74, 6) is 2.44. The zero-order chi connectivity index (χ0) is 19.6. The number of hydrogen-bond acceptors (Lipinski definition) is 4. The maximum absolute atomic E-state index is 5.88. The number of rotatable bonds is 9. The number of aryl methyl sites for hydroxylation is 1. The number of nitrogens with one attached hydrogen (secondary N) is 2. The maximum Gasteiger partial charge on any atom is 0.191 e. The quantitative estimate of drug-likeness (QED) is 0.334. The van der Waals surface area contributed by atoms with Gasteiger partial charge in [-0.15, -0.1) is 0 Å². The largest absolute Gasteiger partial charge is 0.494 e. The molecule has 1 heterocycles. The predicted molar refractivity (Wildman–Crippen MR) is 113 cm³/mol. The van der Waals surface area contributed by atoms with Crippen LogP contribution >= 0.6 is 0 Å². The highest BCUT2D eigenvalue weighted by atomic mass is 16.5.